The SMILES string of the molecule is Cc1cc(C)cc(NC(=O)CSc2nnc3c(n2)[nH]c2ccc(C)cc23)c1. The number of rotatable bonds is 4. The summed E-state index contributed by atoms with van der Waals surface area (Å²) in [6.45, 7) is 6.06. The molecule has 0 aliphatic heterocycles. The van der Waals surface area contributed by atoms with Gasteiger partial charge >= 0.3 is 0 Å². The molecule has 27 heavy (non-hydrogen) atoms. The molecule has 0 unspecified atom stereocenters. The van der Waals surface area contributed by atoms with Gasteiger partial charge in [0, 0.05) is 16.6 Å². The van der Waals surface area contributed by atoms with Crippen molar-refractivity contribution in [1.29, 1.82) is 0 Å². The van der Waals surface area contributed by atoms with Gasteiger partial charge in [0.05, 0.1) is 5.75 Å². The first-order valence-corrected chi connectivity index (χ1v) is 9.60. The number of thioether (sulfide) groups is 1. The first-order valence-electron chi connectivity index (χ1n) is 8.61. The lowest BCUT2D eigenvalue weighted by atomic mass is 10.1. The van der Waals surface area contributed by atoms with Gasteiger partial charge in [-0.05, 0) is 56.2 Å². The van der Waals surface area contributed by atoms with Crippen molar-refractivity contribution in [2.45, 2.75) is 25.9 Å². The van der Waals surface area contributed by atoms with Crippen molar-refractivity contribution in [3.05, 3.63) is 53.1 Å². The molecule has 0 radical (unpaired) electrons. The zero-order valence-corrected chi connectivity index (χ0v) is 16.1. The van der Waals surface area contributed by atoms with Gasteiger partial charge in [-0.3, -0.25) is 4.79 Å². The maximum absolute atomic E-state index is 12.2. The Morgan fingerprint density at radius 2 is 1.81 bits per heavy atom. The predicted molar refractivity (Wildman–Crippen MR) is 109 cm³/mol. The lowest BCUT2D eigenvalue weighted by Crippen LogP contribution is -2.14. The number of benzene rings is 2. The van der Waals surface area contributed by atoms with Crippen molar-refractivity contribution in [3.8, 4) is 0 Å². The van der Waals surface area contributed by atoms with E-state index in [4.69, 9.17) is 0 Å². The Bertz CT molecular complexity index is 1150. The van der Waals surface area contributed by atoms with Gasteiger partial charge in [0.2, 0.25) is 11.1 Å². The molecule has 0 aliphatic carbocycles. The molecule has 0 spiro atoms. The second-order valence-electron chi connectivity index (χ2n) is 6.68. The first kappa shape index (κ1) is 17.5. The van der Waals surface area contributed by atoms with Crippen LogP contribution in [0.1, 0.15) is 16.7 Å². The molecule has 2 heterocycles. The molecule has 0 fully saturated rings. The first-order chi connectivity index (χ1) is 13.0. The van der Waals surface area contributed by atoms with Crippen molar-refractivity contribution in [1.82, 2.24) is 20.2 Å². The number of fused-ring (bicyclic) bond motifs is 3. The third kappa shape index (κ3) is 3.78. The smallest absolute Gasteiger partial charge is 0.234 e. The zero-order chi connectivity index (χ0) is 19.0. The van der Waals surface area contributed by atoms with Crippen LogP contribution in [0, 0.1) is 20.8 Å². The van der Waals surface area contributed by atoms with Crippen LogP contribution in [0.4, 0.5) is 5.69 Å². The lowest BCUT2D eigenvalue weighted by molar-refractivity contribution is -0.113. The molecule has 6 nitrogen and oxygen atoms in total. The van der Waals surface area contributed by atoms with E-state index in [2.05, 4.69) is 37.6 Å². The van der Waals surface area contributed by atoms with E-state index in [0.717, 1.165) is 38.8 Å². The number of aromatic nitrogens is 4. The molecule has 4 rings (SSSR count). The minimum absolute atomic E-state index is 0.0963. The van der Waals surface area contributed by atoms with Gasteiger partial charge in [-0.25, -0.2) is 4.98 Å². The monoisotopic (exact) mass is 377 g/mol. The normalized spacial score (nSPS) is 11.2. The summed E-state index contributed by atoms with van der Waals surface area (Å²) >= 11 is 1.27. The van der Waals surface area contributed by atoms with E-state index < -0.39 is 0 Å². The Morgan fingerprint density at radius 3 is 2.59 bits per heavy atom. The van der Waals surface area contributed by atoms with E-state index in [1.807, 2.05) is 45.0 Å². The van der Waals surface area contributed by atoms with E-state index in [0.29, 0.717) is 10.8 Å². The largest absolute Gasteiger partial charge is 0.338 e. The minimum Gasteiger partial charge on any atom is -0.338 e. The van der Waals surface area contributed by atoms with E-state index in [1.54, 1.807) is 0 Å². The molecule has 4 aromatic rings. The van der Waals surface area contributed by atoms with Crippen molar-refractivity contribution >= 4 is 45.4 Å². The third-order valence-corrected chi connectivity index (χ3v) is 5.03. The number of nitrogens with zero attached hydrogens (tertiary/aromatic N) is 3. The fourth-order valence-corrected chi connectivity index (χ4v) is 3.69. The Balaban J connectivity index is 1.48. The van der Waals surface area contributed by atoms with Crippen LogP contribution in [0.3, 0.4) is 0 Å². The number of hydrogen-bond acceptors (Lipinski definition) is 5. The topological polar surface area (TPSA) is 83.6 Å². The third-order valence-electron chi connectivity index (χ3n) is 4.19. The van der Waals surface area contributed by atoms with Crippen molar-refractivity contribution in [2.24, 2.45) is 0 Å². The fourth-order valence-electron chi connectivity index (χ4n) is 3.11. The zero-order valence-electron chi connectivity index (χ0n) is 15.3. The summed E-state index contributed by atoms with van der Waals surface area (Å²) in [6.07, 6.45) is 0. The molecule has 0 saturated carbocycles. The van der Waals surface area contributed by atoms with Crippen molar-refractivity contribution in [2.75, 3.05) is 11.1 Å². The van der Waals surface area contributed by atoms with Crippen LogP contribution in [0.25, 0.3) is 22.1 Å². The van der Waals surface area contributed by atoms with Crippen LogP contribution >= 0.6 is 11.8 Å². The van der Waals surface area contributed by atoms with E-state index >= 15 is 0 Å². The van der Waals surface area contributed by atoms with E-state index in [-0.39, 0.29) is 11.7 Å². The number of hydrogen-bond donors (Lipinski definition) is 2. The Hall–Kier alpha value is -2.93. The quantitative estimate of drug-likeness (QED) is 0.522. The van der Waals surface area contributed by atoms with Gasteiger partial charge in [0.1, 0.15) is 5.52 Å². The summed E-state index contributed by atoms with van der Waals surface area (Å²) in [7, 11) is 0. The summed E-state index contributed by atoms with van der Waals surface area (Å²) < 4.78 is 0. The highest BCUT2D eigenvalue weighted by atomic mass is 32.2. The van der Waals surface area contributed by atoms with Gasteiger partial charge in [-0.1, -0.05) is 29.5 Å². The molecule has 2 aromatic heterocycles. The number of anilines is 1. The number of nitrogens with one attached hydrogen (secondary N) is 2. The Kier molecular flexibility index (Phi) is 4.53. The standard InChI is InChI=1S/C20H19N5OS/c1-11-4-5-16-15(9-11)18-19(22-16)23-20(25-24-18)27-10-17(26)21-14-7-12(2)6-13(3)8-14/h4-9H,10H2,1-3H3,(H,21,26)(H,22,23,25). The fraction of sp³-hybridized carbons (Fsp3) is 0.200. The molecular weight excluding hydrogens is 358 g/mol. The molecule has 2 aromatic carbocycles. The molecular formula is C20H19N5OS. The summed E-state index contributed by atoms with van der Waals surface area (Å²) in [5, 5.41) is 12.9. The molecule has 0 atom stereocenters. The lowest BCUT2D eigenvalue weighted by Gasteiger charge is -2.07. The molecule has 7 heteroatoms. The van der Waals surface area contributed by atoms with Crippen LogP contribution in [-0.2, 0) is 4.79 Å². The second-order valence-corrected chi connectivity index (χ2v) is 7.62. The summed E-state index contributed by atoms with van der Waals surface area (Å²) in [4.78, 5) is 20.0. The minimum atomic E-state index is -0.0963. The van der Waals surface area contributed by atoms with Gasteiger partial charge in [-0.2, -0.15) is 0 Å². The average Bonchev–Trinajstić information content (AvgIpc) is 2.96. The highest BCUT2D eigenvalue weighted by Crippen LogP contribution is 2.24. The molecule has 1 amide bonds. The van der Waals surface area contributed by atoms with Gasteiger partial charge in [-0.15, -0.1) is 10.2 Å². The number of H-pyrrole nitrogens is 1. The van der Waals surface area contributed by atoms with Crippen molar-refractivity contribution < 1.29 is 4.79 Å². The van der Waals surface area contributed by atoms with Crippen LogP contribution < -0.4 is 5.32 Å². The Labute approximate surface area is 160 Å². The molecule has 0 aliphatic rings. The Morgan fingerprint density at radius 1 is 1.04 bits per heavy atom. The summed E-state index contributed by atoms with van der Waals surface area (Å²) in [5.41, 5.74) is 6.60. The maximum atomic E-state index is 12.2. The molecule has 136 valence electrons. The highest BCUT2D eigenvalue weighted by Gasteiger charge is 2.11. The van der Waals surface area contributed by atoms with E-state index in [1.165, 1.54) is 11.8 Å². The summed E-state index contributed by atoms with van der Waals surface area (Å²) in [6, 6.07) is 12.1. The van der Waals surface area contributed by atoms with Gasteiger partial charge in [0.15, 0.2) is 5.65 Å². The van der Waals surface area contributed by atoms with Crippen molar-refractivity contribution in [3.63, 3.8) is 0 Å². The second kappa shape index (κ2) is 7.00. The summed E-state index contributed by atoms with van der Waals surface area (Å²) in [5.74, 6) is 0.125. The molecule has 0 bridgehead atoms. The highest BCUT2D eigenvalue weighted by molar-refractivity contribution is 7.99. The van der Waals surface area contributed by atoms with E-state index in [9.17, 15) is 4.79 Å². The number of aromatic amines is 1. The number of carbonyl (C=O) groups excluding carboxylic acids is 1. The predicted octanol–water partition coefficient (Wildman–Crippen LogP) is 4.16. The van der Waals surface area contributed by atoms with Crippen LogP contribution in [-0.4, -0.2) is 31.8 Å². The van der Waals surface area contributed by atoms with Gasteiger partial charge in [0.25, 0.3) is 0 Å². The maximum Gasteiger partial charge on any atom is 0.234 e. The van der Waals surface area contributed by atoms with Crippen LogP contribution in [0.15, 0.2) is 41.6 Å². The van der Waals surface area contributed by atoms with Crippen LogP contribution in [0.2, 0.25) is 0 Å². The number of amides is 1. The van der Waals surface area contributed by atoms with Gasteiger partial charge < -0.3 is 10.3 Å². The number of carbonyl (C=O) groups is 1. The number of aryl methyl sites for hydroxylation is 3. The molecule has 2 N–H and O–H groups in total. The van der Waals surface area contributed by atoms with Crippen LogP contribution in [0.5, 0.6) is 0 Å². The molecule has 0 saturated heterocycles. The average molecular weight is 377 g/mol.